The molecular weight excluding hydrogens is 216 g/mol. The fourth-order valence-electron chi connectivity index (χ4n) is 1.67. The van der Waals surface area contributed by atoms with Crippen molar-refractivity contribution in [3.63, 3.8) is 0 Å². The summed E-state index contributed by atoms with van der Waals surface area (Å²) in [5.41, 5.74) is 0. The first kappa shape index (κ1) is 12.8. The first-order valence-electron chi connectivity index (χ1n) is 5.61. The molecule has 86 valence electrons. The van der Waals surface area contributed by atoms with E-state index in [1.165, 1.54) is 5.19 Å². The van der Waals surface area contributed by atoms with Crippen LogP contribution in [-0.2, 0) is 9.59 Å². The van der Waals surface area contributed by atoms with Crippen molar-refractivity contribution in [2.45, 2.75) is 32.4 Å². The molecule has 0 aliphatic rings. The second-order valence-corrected chi connectivity index (χ2v) is 8.86. The van der Waals surface area contributed by atoms with Crippen LogP contribution in [0.4, 0.5) is 0 Å². The SMILES string of the molecule is C[Si](C)(C(=O)CCCC=O)c1ccccc1. The van der Waals surface area contributed by atoms with E-state index in [9.17, 15) is 9.59 Å². The first-order chi connectivity index (χ1) is 7.59. The van der Waals surface area contributed by atoms with Crippen LogP contribution in [0.5, 0.6) is 0 Å². The van der Waals surface area contributed by atoms with E-state index in [1.807, 2.05) is 30.3 Å². The van der Waals surface area contributed by atoms with Crippen molar-refractivity contribution in [2.75, 3.05) is 0 Å². The van der Waals surface area contributed by atoms with Gasteiger partial charge in [-0.15, -0.1) is 0 Å². The van der Waals surface area contributed by atoms with Gasteiger partial charge in [0.25, 0.3) is 0 Å². The highest BCUT2D eigenvalue weighted by Crippen LogP contribution is 2.09. The van der Waals surface area contributed by atoms with Gasteiger partial charge in [0.15, 0.2) is 8.07 Å². The van der Waals surface area contributed by atoms with Gasteiger partial charge in [-0.1, -0.05) is 48.6 Å². The van der Waals surface area contributed by atoms with Crippen LogP contribution in [0.2, 0.25) is 13.1 Å². The van der Waals surface area contributed by atoms with E-state index in [0.717, 1.165) is 6.29 Å². The highest BCUT2D eigenvalue weighted by molar-refractivity contribution is 7.13. The van der Waals surface area contributed by atoms with Gasteiger partial charge in [0.05, 0.1) is 0 Å². The number of carbonyl (C=O) groups is 2. The standard InChI is InChI=1S/C13H18O2Si/c1-16(2,12-8-4-3-5-9-12)13(15)10-6-7-11-14/h3-5,8-9,11H,6-7,10H2,1-2H3. The molecule has 0 saturated heterocycles. The van der Waals surface area contributed by atoms with E-state index < -0.39 is 8.07 Å². The van der Waals surface area contributed by atoms with E-state index in [2.05, 4.69) is 13.1 Å². The minimum Gasteiger partial charge on any atom is -0.305 e. The van der Waals surface area contributed by atoms with Crippen LogP contribution in [0, 0.1) is 0 Å². The predicted octanol–water partition coefficient (Wildman–Crippen LogP) is 2.08. The molecule has 3 heteroatoms. The maximum absolute atomic E-state index is 12.1. The Balaban J connectivity index is 2.70. The van der Waals surface area contributed by atoms with Crippen molar-refractivity contribution >= 4 is 25.0 Å². The average Bonchev–Trinajstić information content (AvgIpc) is 2.30. The zero-order valence-corrected chi connectivity index (χ0v) is 10.9. The highest BCUT2D eigenvalue weighted by Gasteiger charge is 2.31. The van der Waals surface area contributed by atoms with E-state index in [4.69, 9.17) is 0 Å². The number of unbranched alkanes of at least 4 members (excludes halogenated alkanes) is 1. The summed E-state index contributed by atoms with van der Waals surface area (Å²) >= 11 is 0. The third-order valence-electron chi connectivity index (χ3n) is 2.92. The number of rotatable bonds is 6. The quantitative estimate of drug-likeness (QED) is 0.429. The Hall–Kier alpha value is -1.22. The third kappa shape index (κ3) is 3.13. The molecule has 0 saturated carbocycles. The smallest absolute Gasteiger partial charge is 0.157 e. The zero-order valence-electron chi connectivity index (χ0n) is 9.90. The van der Waals surface area contributed by atoms with Crippen LogP contribution < -0.4 is 5.19 Å². The molecule has 1 aromatic carbocycles. The second kappa shape index (κ2) is 5.75. The molecule has 0 unspecified atom stereocenters. The third-order valence-corrected chi connectivity index (χ3v) is 6.34. The molecule has 1 rings (SSSR count). The Labute approximate surface area is 97.7 Å². The number of benzene rings is 1. The summed E-state index contributed by atoms with van der Waals surface area (Å²) in [6.07, 6.45) is 2.59. The van der Waals surface area contributed by atoms with Crippen molar-refractivity contribution in [1.82, 2.24) is 0 Å². The molecule has 16 heavy (non-hydrogen) atoms. The number of aldehydes is 1. The van der Waals surface area contributed by atoms with Gasteiger partial charge < -0.3 is 9.59 Å². The van der Waals surface area contributed by atoms with Gasteiger partial charge in [0.1, 0.15) is 11.7 Å². The molecule has 0 heterocycles. The molecule has 0 atom stereocenters. The van der Waals surface area contributed by atoms with Crippen molar-refractivity contribution < 1.29 is 9.59 Å². The Morgan fingerprint density at radius 2 is 1.88 bits per heavy atom. The minimum atomic E-state index is -1.99. The molecule has 0 radical (unpaired) electrons. The molecule has 0 aliphatic carbocycles. The topological polar surface area (TPSA) is 34.1 Å². The van der Waals surface area contributed by atoms with Crippen molar-refractivity contribution in [2.24, 2.45) is 0 Å². The molecule has 0 aliphatic heterocycles. The molecule has 2 nitrogen and oxygen atoms in total. The molecule has 0 spiro atoms. The fraction of sp³-hybridized carbons (Fsp3) is 0.385. The summed E-state index contributed by atoms with van der Waals surface area (Å²) in [5, 5.41) is 1.51. The lowest BCUT2D eigenvalue weighted by atomic mass is 10.3. The van der Waals surface area contributed by atoms with Crippen LogP contribution in [0.15, 0.2) is 30.3 Å². The van der Waals surface area contributed by atoms with E-state index in [0.29, 0.717) is 24.7 Å². The molecule has 0 amide bonds. The second-order valence-electron chi connectivity index (χ2n) is 4.47. The molecule has 0 aromatic heterocycles. The average molecular weight is 234 g/mol. The Kier molecular flexibility index (Phi) is 4.62. The monoisotopic (exact) mass is 234 g/mol. The van der Waals surface area contributed by atoms with Gasteiger partial charge in [-0.25, -0.2) is 0 Å². The molecule has 0 bridgehead atoms. The van der Waals surface area contributed by atoms with Crippen LogP contribution in [0.1, 0.15) is 19.3 Å². The van der Waals surface area contributed by atoms with Gasteiger partial charge in [-0.05, 0) is 6.42 Å². The lowest BCUT2D eigenvalue weighted by Crippen LogP contribution is -2.49. The summed E-state index contributed by atoms with van der Waals surface area (Å²) in [5.74, 6) is 0. The first-order valence-corrected chi connectivity index (χ1v) is 8.61. The van der Waals surface area contributed by atoms with Gasteiger partial charge in [0.2, 0.25) is 0 Å². The van der Waals surface area contributed by atoms with Crippen LogP contribution in [-0.4, -0.2) is 19.8 Å². The maximum atomic E-state index is 12.1. The van der Waals surface area contributed by atoms with Gasteiger partial charge in [-0.2, -0.15) is 0 Å². The summed E-state index contributed by atoms with van der Waals surface area (Å²) in [4.78, 5) is 22.3. The molecular formula is C13H18O2Si. The van der Waals surface area contributed by atoms with E-state index >= 15 is 0 Å². The Morgan fingerprint density at radius 3 is 2.44 bits per heavy atom. The molecule has 1 aromatic rings. The number of hydrogen-bond acceptors (Lipinski definition) is 2. The highest BCUT2D eigenvalue weighted by atomic mass is 28.3. The maximum Gasteiger partial charge on any atom is 0.157 e. The Bertz CT molecular complexity index is 357. The summed E-state index contributed by atoms with van der Waals surface area (Å²) in [6, 6.07) is 9.98. The van der Waals surface area contributed by atoms with E-state index in [-0.39, 0.29) is 0 Å². The summed E-state index contributed by atoms with van der Waals surface area (Å²) < 4.78 is 0. The Morgan fingerprint density at radius 1 is 1.25 bits per heavy atom. The van der Waals surface area contributed by atoms with Crippen LogP contribution in [0.3, 0.4) is 0 Å². The van der Waals surface area contributed by atoms with Gasteiger partial charge in [-0.3, -0.25) is 0 Å². The normalized spacial score (nSPS) is 11.1. The van der Waals surface area contributed by atoms with E-state index in [1.54, 1.807) is 0 Å². The predicted molar refractivity (Wildman–Crippen MR) is 68.5 cm³/mol. The zero-order chi connectivity index (χ0) is 12.0. The van der Waals surface area contributed by atoms with Crippen molar-refractivity contribution in [3.05, 3.63) is 30.3 Å². The largest absolute Gasteiger partial charge is 0.305 e. The summed E-state index contributed by atoms with van der Waals surface area (Å²) in [6.45, 7) is 4.15. The van der Waals surface area contributed by atoms with Gasteiger partial charge >= 0.3 is 0 Å². The number of hydrogen-bond donors (Lipinski definition) is 0. The lowest BCUT2D eigenvalue weighted by molar-refractivity contribution is -0.112. The van der Waals surface area contributed by atoms with Crippen molar-refractivity contribution in [1.29, 1.82) is 0 Å². The lowest BCUT2D eigenvalue weighted by Gasteiger charge is -2.20. The summed E-state index contributed by atoms with van der Waals surface area (Å²) in [7, 11) is -1.99. The van der Waals surface area contributed by atoms with Crippen LogP contribution in [0.25, 0.3) is 0 Å². The minimum absolute atomic E-state index is 0.334. The van der Waals surface area contributed by atoms with Crippen molar-refractivity contribution in [3.8, 4) is 0 Å². The number of carbonyl (C=O) groups excluding carboxylic acids is 2. The molecule has 0 fully saturated rings. The van der Waals surface area contributed by atoms with Crippen LogP contribution >= 0.6 is 0 Å². The molecule has 0 N–H and O–H groups in total. The fourth-order valence-corrected chi connectivity index (χ4v) is 3.82. The van der Waals surface area contributed by atoms with Gasteiger partial charge in [0, 0.05) is 12.8 Å².